The molecule has 2 saturated heterocycles. The number of hydrogen-bond acceptors (Lipinski definition) is 27. The van der Waals surface area contributed by atoms with Gasteiger partial charge < -0.3 is 108 Å². The number of hydrogen-bond donors (Lipinski definition) is 7. The summed E-state index contributed by atoms with van der Waals surface area (Å²) >= 11 is 0. The van der Waals surface area contributed by atoms with E-state index in [4.69, 9.17) is 67.3 Å². The van der Waals surface area contributed by atoms with E-state index < -0.39 is 100 Å². The molecule has 0 saturated carbocycles. The minimum absolute atomic E-state index is 0.00233. The number of fused-ring (bicyclic) bond motifs is 1. The topological polar surface area (TPSA) is 416 Å². The van der Waals surface area contributed by atoms with Crippen molar-refractivity contribution in [2.24, 2.45) is 16.6 Å². The zero-order chi connectivity index (χ0) is 80.8. The molecule has 3 heterocycles. The molecule has 3 aliphatic rings. The first kappa shape index (κ1) is 91.0. The average Bonchev–Trinajstić information content (AvgIpc) is 0.869. The molecule has 620 valence electrons. The van der Waals surface area contributed by atoms with Gasteiger partial charge in [-0.05, 0) is 72.4 Å². The van der Waals surface area contributed by atoms with Crippen molar-refractivity contribution in [1.82, 2.24) is 14.5 Å². The zero-order valence-electron chi connectivity index (χ0n) is 62.5. The lowest BCUT2D eigenvalue weighted by Crippen LogP contribution is -2.61. The summed E-state index contributed by atoms with van der Waals surface area (Å²) in [7, 11) is -3.96. The predicted octanol–water partition coefficient (Wildman–Crippen LogP) is 5.38. The summed E-state index contributed by atoms with van der Waals surface area (Å²) < 4.78 is 158. The van der Waals surface area contributed by atoms with Crippen LogP contribution in [0.5, 0.6) is 11.5 Å². The summed E-state index contributed by atoms with van der Waals surface area (Å²) in [5.74, 6) is -12.3. The van der Waals surface area contributed by atoms with E-state index in [9.17, 15) is 75.2 Å². The maximum absolute atomic E-state index is 13.9. The van der Waals surface area contributed by atoms with Crippen LogP contribution in [0.1, 0.15) is 76.3 Å². The minimum atomic E-state index is -3.96. The van der Waals surface area contributed by atoms with Gasteiger partial charge in [-0.2, -0.15) is 13.1 Å². The molecule has 5 atom stereocenters. The van der Waals surface area contributed by atoms with Gasteiger partial charge in [0.25, 0.3) is 0 Å². The smallest absolute Gasteiger partial charge is 0.407 e. The summed E-state index contributed by atoms with van der Waals surface area (Å²) in [5, 5.41) is 46.3. The third-order valence-electron chi connectivity index (χ3n) is 17.0. The van der Waals surface area contributed by atoms with Crippen molar-refractivity contribution in [3.63, 3.8) is 0 Å². The van der Waals surface area contributed by atoms with E-state index in [2.05, 4.69) is 20.4 Å². The summed E-state index contributed by atoms with van der Waals surface area (Å²) in [6.45, 7) is 10.6. The molecule has 0 bridgehead atoms. The number of anilines is 1. The van der Waals surface area contributed by atoms with Gasteiger partial charge in [0.15, 0.2) is 17.7 Å². The van der Waals surface area contributed by atoms with Gasteiger partial charge in [0.1, 0.15) is 42.3 Å². The van der Waals surface area contributed by atoms with Crippen LogP contribution in [0, 0.1) is 29.2 Å². The van der Waals surface area contributed by atoms with Crippen LogP contribution in [0.15, 0.2) is 82.2 Å². The number of amides is 3. The first-order valence-electron chi connectivity index (χ1n) is 36.8. The van der Waals surface area contributed by atoms with Gasteiger partial charge in [-0.3, -0.25) is 19.2 Å². The highest BCUT2D eigenvalue weighted by Crippen LogP contribution is 2.36. The minimum Gasteiger partial charge on any atom is -0.479 e. The molecule has 0 aliphatic carbocycles. The van der Waals surface area contributed by atoms with Crippen molar-refractivity contribution in [3.05, 3.63) is 107 Å². The molecule has 0 unspecified atom stereocenters. The number of Topliss-reactive ketones (excluding diaryl/α,β-unsaturated/α-hetero) is 1. The average molecular weight is 1610 g/mol. The van der Waals surface area contributed by atoms with Gasteiger partial charge in [-0.1, -0.05) is 44.2 Å². The number of nitrogens with zero attached hydrogens (tertiary/aromatic N) is 3. The number of rotatable bonds is 54. The number of ether oxygens (including phenoxy) is 14. The molecule has 4 aromatic rings. The molecule has 7 rings (SSSR count). The number of amidine groups is 1. The second-order valence-electron chi connectivity index (χ2n) is 25.7. The molecule has 3 amide bonds. The van der Waals surface area contributed by atoms with Crippen LogP contribution in [0.3, 0.4) is 0 Å². The van der Waals surface area contributed by atoms with Crippen molar-refractivity contribution in [2.45, 2.75) is 107 Å². The number of aliphatic hydroxyl groups excluding tert-OH is 3. The number of nitrogens with one attached hydrogen (secondary N) is 2. The molecule has 4 aromatic carbocycles. The Morgan fingerprint density at radius 3 is 1.71 bits per heavy atom. The number of ketones is 1. The van der Waals surface area contributed by atoms with Crippen molar-refractivity contribution in [2.75, 3.05) is 170 Å². The van der Waals surface area contributed by atoms with Gasteiger partial charge in [0.2, 0.25) is 45.5 Å². The molecular formula is C75H100F4N6O26S. The molecule has 112 heavy (non-hydrogen) atoms. The van der Waals surface area contributed by atoms with Crippen molar-refractivity contribution < 1.29 is 141 Å². The number of carbonyl (C=O) groups is 6. The summed E-state index contributed by atoms with van der Waals surface area (Å²) in [6, 6.07) is 16.1. The number of sulfonamides is 1. The Balaban J connectivity index is 0.692. The Morgan fingerprint density at radius 2 is 1.17 bits per heavy atom. The molecule has 0 spiro atoms. The van der Waals surface area contributed by atoms with Gasteiger partial charge in [0, 0.05) is 81.5 Å². The number of carboxylic acid groups (broad SMARTS) is 1. The number of aliphatic imine (C=N–C) groups is 1. The highest BCUT2D eigenvalue weighted by molar-refractivity contribution is 7.89. The van der Waals surface area contributed by atoms with E-state index in [0.717, 1.165) is 12.8 Å². The normalized spacial score (nSPS) is 17.2. The lowest BCUT2D eigenvalue weighted by atomic mass is 9.99. The lowest BCUT2D eigenvalue weighted by Gasteiger charge is -2.38. The molecule has 0 radical (unpaired) electrons. The Bertz CT molecular complexity index is 3830. The van der Waals surface area contributed by atoms with E-state index in [0.29, 0.717) is 126 Å². The van der Waals surface area contributed by atoms with E-state index in [1.165, 1.54) is 28.6 Å². The van der Waals surface area contributed by atoms with Gasteiger partial charge in [-0.25, -0.2) is 31.8 Å². The van der Waals surface area contributed by atoms with E-state index in [1.54, 1.807) is 24.3 Å². The summed E-state index contributed by atoms with van der Waals surface area (Å²) in [5.41, 5.74) is 9.69. The number of halogens is 4. The number of aliphatic carboxylic acids is 1. The van der Waals surface area contributed by atoms with Crippen LogP contribution in [0.25, 0.3) is 17.2 Å². The fourth-order valence-electron chi connectivity index (χ4n) is 11.2. The van der Waals surface area contributed by atoms with Gasteiger partial charge in [0.05, 0.1) is 155 Å². The fourth-order valence-corrected chi connectivity index (χ4v) is 12.8. The summed E-state index contributed by atoms with van der Waals surface area (Å²) in [6.07, 6.45) is -7.32. The SMILES string of the molecule is CCCN(CCC)C(=O)C1=Cc2ccc(-c3cccc(S(=O)(=O)N4CC(CNC(=O)OCc5ccc(O[C@@H]6O[C@H](C(=O)O)[C@@H](O)[C@H](O)[C@H]6O)c(NC(=O)CCCC(=O)CCOCCOCCOCCOCCOCCOCCOCCOCCOCCOCCC(=O)Oc6c(F)c(F)cc(F)c6F)c5)C4)c3)cc2N=C(N)C1. The number of esters is 1. The standard InChI is InChI=1S/C75H100F4N6O26S/c1-3-17-84(18-4-2)72(92)54-40-53-13-12-52(42-59(53)82-62(80)43-54)51-7-5-9-56(41-51)112(96,97)85-46-50(47-85)45-81-75(95)108-48-49-11-14-61(109-74-69(91)67(89)68(90)71(111-74)73(93)94)60(39-49)83-63(87)10-6-8-55(86)15-19-98-21-23-100-25-27-102-29-31-104-33-35-106-37-38-107-36-34-105-32-30-103-28-26-101-24-22-99-20-16-64(88)110-70-65(78)57(76)44-58(77)66(70)79/h5,7,9,11-14,39-42,44,50,67-69,71,74,89-91H,3-4,6,8,10,15-38,43,45-48H2,1-2H3,(H2,80,82)(H,81,95)(H,83,87)(H,93,94)/t67-,68-,69+,71-,74+/m0/s1. The predicted molar refractivity (Wildman–Crippen MR) is 392 cm³/mol. The second kappa shape index (κ2) is 48.8. The third kappa shape index (κ3) is 30.3. The first-order chi connectivity index (χ1) is 54.0. The maximum atomic E-state index is 13.9. The van der Waals surface area contributed by atoms with Crippen LogP contribution in [-0.2, 0) is 97.4 Å². The van der Waals surface area contributed by atoms with Crippen LogP contribution < -0.4 is 25.8 Å². The van der Waals surface area contributed by atoms with Gasteiger partial charge >= 0.3 is 18.0 Å². The Labute approximate surface area is 646 Å². The van der Waals surface area contributed by atoms with Crippen LogP contribution in [0.4, 0.5) is 33.7 Å². The number of carbonyl (C=O) groups excluding carboxylic acids is 5. The van der Waals surface area contributed by atoms with E-state index in [1.807, 2.05) is 37.0 Å². The molecular weight excluding hydrogens is 1510 g/mol. The largest absolute Gasteiger partial charge is 0.479 e. The number of carboxylic acids is 1. The van der Waals surface area contributed by atoms with Crippen molar-refractivity contribution >= 4 is 68.9 Å². The Morgan fingerprint density at radius 1 is 0.634 bits per heavy atom. The zero-order valence-corrected chi connectivity index (χ0v) is 63.4. The summed E-state index contributed by atoms with van der Waals surface area (Å²) in [4.78, 5) is 82.7. The van der Waals surface area contributed by atoms with E-state index in [-0.39, 0.29) is 157 Å². The number of benzene rings is 4. The number of aliphatic hydroxyl groups is 3. The Hall–Kier alpha value is -8.22. The highest BCUT2D eigenvalue weighted by Gasteiger charge is 2.48. The monoisotopic (exact) mass is 1610 g/mol. The van der Waals surface area contributed by atoms with Gasteiger partial charge in [-0.15, -0.1) is 0 Å². The quantitative estimate of drug-likeness (QED) is 0.00958. The third-order valence-corrected chi connectivity index (χ3v) is 18.9. The second-order valence-corrected chi connectivity index (χ2v) is 27.6. The van der Waals surface area contributed by atoms with Crippen LogP contribution >= 0.6 is 0 Å². The highest BCUT2D eigenvalue weighted by atomic mass is 32.2. The molecule has 3 aliphatic heterocycles. The van der Waals surface area contributed by atoms with E-state index >= 15 is 0 Å². The molecule has 37 heteroatoms. The van der Waals surface area contributed by atoms with Crippen molar-refractivity contribution in [1.29, 1.82) is 0 Å². The number of nitrogens with two attached hydrogens (primary N) is 1. The number of alkyl carbamates (subject to hydrolysis) is 1. The molecule has 0 aromatic heterocycles. The lowest BCUT2D eigenvalue weighted by molar-refractivity contribution is -0.271. The van der Waals surface area contributed by atoms with Crippen LogP contribution in [0.2, 0.25) is 0 Å². The molecule has 2 fully saturated rings. The fraction of sp³-hybridized carbons (Fsp3) is 0.560. The Kier molecular flexibility index (Phi) is 39.6. The molecule has 8 N–H and O–H groups in total. The molecule has 32 nitrogen and oxygen atoms in total. The van der Waals surface area contributed by atoms with Crippen LogP contribution in [-0.4, -0.2) is 275 Å². The maximum Gasteiger partial charge on any atom is 0.407 e. The first-order valence-corrected chi connectivity index (χ1v) is 38.2. The van der Waals surface area contributed by atoms with Crippen molar-refractivity contribution in [3.8, 4) is 22.6 Å².